The molecular weight excluding hydrogens is 308 g/mol. The molecule has 0 atom stereocenters. The van der Waals surface area contributed by atoms with Crippen LogP contribution >= 0.6 is 15.9 Å². The molecule has 2 rings (SSSR count). The Kier molecular flexibility index (Phi) is 3.47. The summed E-state index contributed by atoms with van der Waals surface area (Å²) in [6, 6.07) is 8.65. The van der Waals surface area contributed by atoms with Gasteiger partial charge < -0.3 is 5.32 Å². The number of hydrogen-bond donors (Lipinski definition) is 2. The van der Waals surface area contributed by atoms with E-state index in [0.29, 0.717) is 11.2 Å². The highest BCUT2D eigenvalue weighted by Crippen LogP contribution is 2.29. The fourth-order valence-corrected chi connectivity index (χ4v) is 1.96. The number of nitrogens with zero attached hydrogens (tertiary/aromatic N) is 4. The third-order valence-corrected chi connectivity index (χ3v) is 3.10. The van der Waals surface area contributed by atoms with E-state index in [9.17, 15) is 0 Å². The minimum absolute atomic E-state index is 0.0942. The highest BCUT2D eigenvalue weighted by molar-refractivity contribution is 9.10. The summed E-state index contributed by atoms with van der Waals surface area (Å²) in [7, 11) is 0. The van der Waals surface area contributed by atoms with Gasteiger partial charge in [-0.1, -0.05) is 15.9 Å². The molecule has 7 heteroatoms. The van der Waals surface area contributed by atoms with E-state index in [4.69, 9.17) is 15.8 Å². The lowest BCUT2D eigenvalue weighted by Gasteiger charge is -2.06. The Bertz CT molecular complexity index is 780. The third-order valence-electron chi connectivity index (χ3n) is 2.41. The van der Waals surface area contributed by atoms with Gasteiger partial charge >= 0.3 is 0 Å². The van der Waals surface area contributed by atoms with Crippen LogP contribution in [-0.2, 0) is 0 Å². The molecule has 0 aliphatic heterocycles. The van der Waals surface area contributed by atoms with Crippen molar-refractivity contribution in [2.75, 3.05) is 5.32 Å². The van der Waals surface area contributed by atoms with Gasteiger partial charge in [-0.05, 0) is 12.1 Å². The maximum Gasteiger partial charge on any atom is 0.163 e. The van der Waals surface area contributed by atoms with Gasteiger partial charge in [0.2, 0.25) is 0 Å². The van der Waals surface area contributed by atoms with Gasteiger partial charge in [-0.3, -0.25) is 5.10 Å². The fourth-order valence-electron chi connectivity index (χ4n) is 1.52. The van der Waals surface area contributed by atoms with Crippen LogP contribution in [0, 0.1) is 34.0 Å². The van der Waals surface area contributed by atoms with E-state index < -0.39 is 0 Å². The van der Waals surface area contributed by atoms with E-state index in [1.807, 2.05) is 0 Å². The number of hydrogen-bond acceptors (Lipinski definition) is 5. The molecule has 0 fully saturated rings. The SMILES string of the molecule is N#CC(C#N)=C(C#N)Nc1ccc(Br)c2cn[nH]c12. The van der Waals surface area contributed by atoms with Crippen molar-refractivity contribution in [3.05, 3.63) is 34.1 Å². The average molecular weight is 313 g/mol. The predicted molar refractivity (Wildman–Crippen MR) is 71.3 cm³/mol. The monoisotopic (exact) mass is 312 g/mol. The lowest BCUT2D eigenvalue weighted by molar-refractivity contribution is 1.12. The molecule has 0 bridgehead atoms. The molecule has 0 aliphatic carbocycles. The molecule has 0 aliphatic rings. The zero-order chi connectivity index (χ0) is 13.8. The Morgan fingerprint density at radius 2 is 1.95 bits per heavy atom. The summed E-state index contributed by atoms with van der Waals surface area (Å²) in [5.41, 5.74) is 0.883. The molecule has 1 aromatic heterocycles. The standard InChI is InChI=1S/C12H5BrN6/c13-9-1-2-10(12-8(9)6-17-19-12)18-11(5-16)7(3-14)4-15/h1-2,6,18H,(H,17,19). The van der Waals surface area contributed by atoms with E-state index >= 15 is 0 Å². The van der Waals surface area contributed by atoms with E-state index in [1.54, 1.807) is 36.5 Å². The first-order valence-corrected chi connectivity index (χ1v) is 5.83. The Hall–Kier alpha value is -2.82. The first kappa shape index (κ1) is 12.6. The smallest absolute Gasteiger partial charge is 0.163 e. The molecule has 0 radical (unpaired) electrons. The molecule has 19 heavy (non-hydrogen) atoms. The quantitative estimate of drug-likeness (QED) is 0.827. The number of fused-ring (bicyclic) bond motifs is 1. The fraction of sp³-hybridized carbons (Fsp3) is 0. The lowest BCUT2D eigenvalue weighted by atomic mass is 10.2. The Labute approximate surface area is 116 Å². The number of benzene rings is 1. The number of nitrogens with one attached hydrogen (secondary N) is 2. The molecule has 6 nitrogen and oxygen atoms in total. The highest BCUT2D eigenvalue weighted by Gasteiger charge is 2.10. The summed E-state index contributed by atoms with van der Waals surface area (Å²) < 4.78 is 0.852. The molecule has 2 N–H and O–H groups in total. The topological polar surface area (TPSA) is 112 Å². The number of anilines is 1. The summed E-state index contributed by atoms with van der Waals surface area (Å²) in [6.45, 7) is 0. The van der Waals surface area contributed by atoms with Crippen LogP contribution in [0.25, 0.3) is 10.9 Å². The number of H-pyrrole nitrogens is 1. The van der Waals surface area contributed by atoms with Crippen molar-refractivity contribution < 1.29 is 0 Å². The van der Waals surface area contributed by atoms with E-state index in [2.05, 4.69) is 31.4 Å². The second kappa shape index (κ2) is 5.22. The normalized spacial score (nSPS) is 9.16. The van der Waals surface area contributed by atoms with Crippen LogP contribution in [0.2, 0.25) is 0 Å². The molecule has 0 saturated heterocycles. The van der Waals surface area contributed by atoms with Crippen LogP contribution in [0.1, 0.15) is 0 Å². The van der Waals surface area contributed by atoms with Crippen LogP contribution in [-0.4, -0.2) is 10.2 Å². The van der Waals surface area contributed by atoms with E-state index in [1.165, 1.54) is 0 Å². The summed E-state index contributed by atoms with van der Waals surface area (Å²) >= 11 is 3.38. The zero-order valence-electron chi connectivity index (χ0n) is 9.40. The van der Waals surface area contributed by atoms with Gasteiger partial charge in [-0.15, -0.1) is 0 Å². The maximum atomic E-state index is 8.99. The minimum Gasteiger partial charge on any atom is -0.343 e. The second-order valence-electron chi connectivity index (χ2n) is 3.46. The summed E-state index contributed by atoms with van der Waals surface area (Å²) in [5.74, 6) is 0. The number of rotatable bonds is 2. The molecule has 0 spiro atoms. The van der Waals surface area contributed by atoms with Gasteiger partial charge in [0, 0.05) is 9.86 Å². The van der Waals surface area contributed by atoms with Crippen molar-refractivity contribution in [3.8, 4) is 18.2 Å². The Morgan fingerprint density at radius 3 is 2.58 bits per heavy atom. The largest absolute Gasteiger partial charge is 0.343 e. The number of aromatic amines is 1. The van der Waals surface area contributed by atoms with Crippen LogP contribution < -0.4 is 5.32 Å². The number of nitriles is 3. The van der Waals surface area contributed by atoms with Crippen molar-refractivity contribution in [1.82, 2.24) is 10.2 Å². The second-order valence-corrected chi connectivity index (χ2v) is 4.32. The van der Waals surface area contributed by atoms with Crippen molar-refractivity contribution in [1.29, 1.82) is 15.8 Å². The number of halogens is 1. The van der Waals surface area contributed by atoms with Crippen LogP contribution in [0.5, 0.6) is 0 Å². The van der Waals surface area contributed by atoms with Crippen LogP contribution in [0.4, 0.5) is 5.69 Å². The van der Waals surface area contributed by atoms with Crippen molar-refractivity contribution >= 4 is 32.5 Å². The van der Waals surface area contributed by atoms with E-state index in [0.717, 1.165) is 9.86 Å². The molecule has 90 valence electrons. The molecule has 0 amide bonds. The first-order valence-electron chi connectivity index (χ1n) is 5.04. The summed E-state index contributed by atoms with van der Waals surface area (Å²) in [5, 5.41) is 36.8. The predicted octanol–water partition coefficient (Wildman–Crippen LogP) is 2.56. The van der Waals surface area contributed by atoms with E-state index in [-0.39, 0.29) is 11.3 Å². The maximum absolute atomic E-state index is 8.99. The van der Waals surface area contributed by atoms with Crippen molar-refractivity contribution in [2.45, 2.75) is 0 Å². The number of allylic oxidation sites excluding steroid dienone is 2. The van der Waals surface area contributed by atoms with Gasteiger partial charge in [-0.2, -0.15) is 20.9 Å². The molecule has 1 heterocycles. The molecule has 0 saturated carbocycles. The molecule has 0 unspecified atom stereocenters. The lowest BCUT2D eigenvalue weighted by Crippen LogP contribution is -2.01. The highest BCUT2D eigenvalue weighted by atomic mass is 79.9. The molecule has 1 aromatic carbocycles. The van der Waals surface area contributed by atoms with Gasteiger partial charge in [0.15, 0.2) is 5.57 Å². The zero-order valence-corrected chi connectivity index (χ0v) is 11.0. The molecular formula is C12H5BrN6. The minimum atomic E-state index is -0.266. The van der Waals surface area contributed by atoms with Crippen LogP contribution in [0.15, 0.2) is 34.1 Å². The summed E-state index contributed by atoms with van der Waals surface area (Å²) in [4.78, 5) is 0. The van der Waals surface area contributed by atoms with Crippen molar-refractivity contribution in [2.24, 2.45) is 0 Å². The van der Waals surface area contributed by atoms with Gasteiger partial charge in [0.1, 0.15) is 23.9 Å². The number of aromatic nitrogens is 2. The van der Waals surface area contributed by atoms with Crippen LogP contribution in [0.3, 0.4) is 0 Å². The molecule has 2 aromatic rings. The Balaban J connectivity index is 2.55. The van der Waals surface area contributed by atoms with Gasteiger partial charge in [0.05, 0.1) is 17.4 Å². The summed E-state index contributed by atoms with van der Waals surface area (Å²) in [6.07, 6.45) is 1.63. The van der Waals surface area contributed by atoms with Crippen molar-refractivity contribution in [3.63, 3.8) is 0 Å². The first-order chi connectivity index (χ1) is 9.21. The van der Waals surface area contributed by atoms with Gasteiger partial charge in [0.25, 0.3) is 0 Å². The third kappa shape index (κ3) is 2.26. The Morgan fingerprint density at radius 1 is 1.21 bits per heavy atom. The van der Waals surface area contributed by atoms with Gasteiger partial charge in [-0.25, -0.2) is 0 Å². The average Bonchev–Trinajstić information content (AvgIpc) is 2.92.